The largest absolute Gasteiger partial charge is 0.455 e. The smallest absolute Gasteiger partial charge is 0.143 e. The lowest BCUT2D eigenvalue weighted by molar-refractivity contribution is 0.670. The van der Waals surface area contributed by atoms with Crippen molar-refractivity contribution in [3.8, 4) is 55.6 Å². The third kappa shape index (κ3) is 10.0. The number of hydrogen-bond acceptors (Lipinski definition) is 4. The Morgan fingerprint density at radius 2 is 0.523 bits per heavy atom. The third-order valence-electron chi connectivity index (χ3n) is 16.4. The van der Waals surface area contributed by atoms with Gasteiger partial charge < -0.3 is 19.1 Å². The molecule has 0 aliphatic heterocycles. The van der Waals surface area contributed by atoms with Crippen LogP contribution in [-0.2, 0) is 0 Å². The molecule has 0 spiro atoms. The molecule has 0 aliphatic carbocycles. The molecule has 0 amide bonds. The van der Waals surface area contributed by atoms with E-state index in [2.05, 4.69) is 348 Å². The summed E-state index contributed by atoms with van der Waals surface area (Å²) in [5, 5.41) is 4.51. The van der Waals surface area contributed by atoms with Crippen LogP contribution in [0.25, 0.3) is 88.3 Å². The highest BCUT2D eigenvalue weighted by atomic mass is 16.3. The fourth-order valence-corrected chi connectivity index (χ4v) is 12.2. The number of hydrogen-bond donors (Lipinski definition) is 0. The molecule has 0 aliphatic rings. The van der Waals surface area contributed by atoms with Crippen LogP contribution in [0.5, 0.6) is 0 Å². The molecule has 86 heavy (non-hydrogen) atoms. The fraction of sp³-hybridized carbons (Fsp3) is 0. The van der Waals surface area contributed by atoms with Crippen LogP contribution < -0.4 is 14.7 Å². The fourth-order valence-electron chi connectivity index (χ4n) is 12.2. The van der Waals surface area contributed by atoms with Gasteiger partial charge in [-0.25, -0.2) is 0 Å². The van der Waals surface area contributed by atoms with Crippen LogP contribution in [0.1, 0.15) is 0 Å². The van der Waals surface area contributed by atoms with E-state index in [1.54, 1.807) is 0 Å². The van der Waals surface area contributed by atoms with E-state index < -0.39 is 0 Å². The minimum absolute atomic E-state index is 0.882. The van der Waals surface area contributed by atoms with E-state index in [0.29, 0.717) is 0 Å². The van der Waals surface area contributed by atoms with Gasteiger partial charge in [0.25, 0.3) is 0 Å². The van der Waals surface area contributed by atoms with E-state index in [4.69, 9.17) is 4.42 Å². The zero-order valence-corrected chi connectivity index (χ0v) is 47.2. The van der Waals surface area contributed by atoms with Crippen molar-refractivity contribution in [3.63, 3.8) is 0 Å². The van der Waals surface area contributed by atoms with Crippen molar-refractivity contribution in [2.45, 2.75) is 0 Å². The summed E-state index contributed by atoms with van der Waals surface area (Å²) in [5.41, 5.74) is 22.4. The maximum Gasteiger partial charge on any atom is 0.143 e. The van der Waals surface area contributed by atoms with Gasteiger partial charge in [0.2, 0.25) is 0 Å². The summed E-state index contributed by atoms with van der Waals surface area (Å²) < 4.78 is 6.60. The van der Waals surface area contributed by atoms with Crippen molar-refractivity contribution >= 4 is 83.9 Å². The molecule has 0 bridgehead atoms. The summed E-state index contributed by atoms with van der Waals surface area (Å²) in [4.78, 5) is 7.20. The Labute approximate surface area is 501 Å². The Bertz CT molecular complexity index is 4620. The van der Waals surface area contributed by atoms with E-state index in [1.807, 2.05) is 12.1 Å². The Hall–Kier alpha value is -11.5. The SMILES string of the molecule is c1ccc(-c2ccc(-c3ccc(N(c4ccccc4)c4cc(N(c5ccccc5)c5ccc(-c6ccc(-c7ccccc7)cc6)cc5)cc(N(c5ccc(-c6cccc7c6oc6ccccc67)cc5)c5cccc6ccccc56)c4)cc3)cc2)cc1. The topological polar surface area (TPSA) is 22.9 Å². The molecule has 0 saturated heterocycles. The van der Waals surface area contributed by atoms with E-state index in [9.17, 15) is 0 Å². The molecule has 15 aromatic rings. The lowest BCUT2D eigenvalue weighted by atomic mass is 10.00. The summed E-state index contributed by atoms with van der Waals surface area (Å²) in [7, 11) is 0. The lowest BCUT2D eigenvalue weighted by Gasteiger charge is -2.33. The van der Waals surface area contributed by atoms with Gasteiger partial charge in [0, 0.05) is 50.2 Å². The Morgan fingerprint density at radius 1 is 0.198 bits per heavy atom. The van der Waals surface area contributed by atoms with E-state index >= 15 is 0 Å². The van der Waals surface area contributed by atoms with Crippen LogP contribution >= 0.6 is 0 Å². The van der Waals surface area contributed by atoms with Crippen molar-refractivity contribution in [2.75, 3.05) is 14.7 Å². The molecule has 0 atom stereocenters. The first-order valence-corrected chi connectivity index (χ1v) is 29.3. The summed E-state index contributed by atoms with van der Waals surface area (Å²) in [6.07, 6.45) is 0. The van der Waals surface area contributed by atoms with Crippen LogP contribution in [-0.4, -0.2) is 0 Å². The molecule has 4 nitrogen and oxygen atoms in total. The normalized spacial score (nSPS) is 11.3. The van der Waals surface area contributed by atoms with E-state index in [0.717, 1.165) is 117 Å². The lowest BCUT2D eigenvalue weighted by Crippen LogP contribution is -2.16. The highest BCUT2D eigenvalue weighted by molar-refractivity contribution is 6.10. The molecule has 4 heteroatoms. The first-order valence-electron chi connectivity index (χ1n) is 29.3. The summed E-state index contributed by atoms with van der Waals surface area (Å²) >= 11 is 0. The molecule has 15 rings (SSSR count). The second-order valence-electron chi connectivity index (χ2n) is 21.7. The van der Waals surface area contributed by atoms with Crippen LogP contribution in [0.4, 0.5) is 51.2 Å². The number of rotatable bonds is 14. The molecule has 0 radical (unpaired) electrons. The highest BCUT2D eigenvalue weighted by Crippen LogP contribution is 2.48. The average molecular weight is 1100 g/mol. The maximum atomic E-state index is 6.60. The molecule has 0 N–H and O–H groups in total. The van der Waals surface area contributed by atoms with Gasteiger partial charge in [-0.05, 0) is 146 Å². The van der Waals surface area contributed by atoms with Crippen molar-refractivity contribution < 1.29 is 4.42 Å². The predicted molar refractivity (Wildman–Crippen MR) is 362 cm³/mol. The summed E-state index contributed by atoms with van der Waals surface area (Å²) in [5.74, 6) is 0. The Kier molecular flexibility index (Phi) is 13.6. The van der Waals surface area contributed by atoms with Gasteiger partial charge in [-0.2, -0.15) is 0 Å². The van der Waals surface area contributed by atoms with Gasteiger partial charge in [-0.15, -0.1) is 0 Å². The molecule has 406 valence electrons. The zero-order chi connectivity index (χ0) is 57.2. The van der Waals surface area contributed by atoms with Crippen molar-refractivity contribution in [3.05, 3.63) is 346 Å². The number of fused-ring (bicyclic) bond motifs is 4. The van der Waals surface area contributed by atoms with Crippen LogP contribution in [0.15, 0.2) is 350 Å². The number of benzene rings is 14. The maximum absolute atomic E-state index is 6.60. The highest BCUT2D eigenvalue weighted by Gasteiger charge is 2.24. The molecule has 14 aromatic carbocycles. The van der Waals surface area contributed by atoms with Crippen molar-refractivity contribution in [1.29, 1.82) is 0 Å². The zero-order valence-electron chi connectivity index (χ0n) is 47.2. The van der Waals surface area contributed by atoms with Crippen molar-refractivity contribution in [1.82, 2.24) is 0 Å². The summed E-state index contributed by atoms with van der Waals surface area (Å²) in [6.45, 7) is 0. The summed E-state index contributed by atoms with van der Waals surface area (Å²) in [6, 6.07) is 124. The third-order valence-corrected chi connectivity index (χ3v) is 16.4. The number of nitrogens with zero attached hydrogens (tertiary/aromatic N) is 3. The van der Waals surface area contributed by atoms with Gasteiger partial charge >= 0.3 is 0 Å². The Morgan fingerprint density at radius 3 is 1.01 bits per heavy atom. The molecule has 0 saturated carbocycles. The molecular formula is C82H57N3O. The Balaban J connectivity index is 0.910. The first kappa shape index (κ1) is 51.4. The molecule has 1 heterocycles. The standard InChI is InChI=1S/C82H57N3O/c1-5-19-58(20-6-1)60-35-39-62(40-36-60)64-43-49-70(50-44-64)83(68-25-9-3-10-26-68)73-55-74(84(69-27-11-4-12-28-69)71-51-45-65(46-52-71)63-41-37-61(38-42-63)59-21-7-2-8-22-59)57-75(56-73)85(80-33-17-24-66-23-13-14-29-76(66)80)72-53-47-67(48-54-72)77-31-18-32-79-78-30-15-16-34-81(78)86-82(77)79/h1-57H. The van der Waals surface area contributed by atoms with Gasteiger partial charge in [-0.3, -0.25) is 0 Å². The van der Waals surface area contributed by atoms with Crippen molar-refractivity contribution in [2.24, 2.45) is 0 Å². The molecule has 0 unspecified atom stereocenters. The number of para-hydroxylation sites is 4. The number of furan rings is 1. The number of anilines is 9. The minimum Gasteiger partial charge on any atom is -0.455 e. The molecule has 1 aromatic heterocycles. The van der Waals surface area contributed by atoms with Gasteiger partial charge in [-0.1, -0.05) is 255 Å². The van der Waals surface area contributed by atoms with E-state index in [-0.39, 0.29) is 0 Å². The second kappa shape index (κ2) is 22.7. The van der Waals surface area contributed by atoms with Crippen LogP contribution in [0.3, 0.4) is 0 Å². The van der Waals surface area contributed by atoms with Crippen LogP contribution in [0, 0.1) is 0 Å². The van der Waals surface area contributed by atoms with Gasteiger partial charge in [0.1, 0.15) is 11.2 Å². The first-order chi connectivity index (χ1) is 42.6. The minimum atomic E-state index is 0.882. The van der Waals surface area contributed by atoms with E-state index in [1.165, 1.54) is 22.3 Å². The van der Waals surface area contributed by atoms with Gasteiger partial charge in [0.05, 0.1) is 22.7 Å². The van der Waals surface area contributed by atoms with Crippen LogP contribution in [0.2, 0.25) is 0 Å². The average Bonchev–Trinajstić information content (AvgIpc) is 2.70. The molecular weight excluding hydrogens is 1040 g/mol. The predicted octanol–water partition coefficient (Wildman–Crippen LogP) is 23.5. The second-order valence-corrected chi connectivity index (χ2v) is 21.7. The quantitative estimate of drug-likeness (QED) is 0.108. The monoisotopic (exact) mass is 1100 g/mol. The molecule has 0 fully saturated rings. The van der Waals surface area contributed by atoms with Gasteiger partial charge in [0.15, 0.2) is 0 Å².